The van der Waals surface area contributed by atoms with Crippen molar-refractivity contribution in [3.8, 4) is 5.69 Å². The third kappa shape index (κ3) is 3.22. The third-order valence-corrected chi connectivity index (χ3v) is 7.39. The molecule has 5 rings (SSSR count). The van der Waals surface area contributed by atoms with Crippen LogP contribution in [0.1, 0.15) is 41.7 Å². The van der Waals surface area contributed by atoms with Crippen LogP contribution in [0.15, 0.2) is 64.2 Å². The lowest BCUT2D eigenvalue weighted by molar-refractivity contribution is 0.320. The predicted octanol–water partition coefficient (Wildman–Crippen LogP) is 5.84. The van der Waals surface area contributed by atoms with E-state index in [0.717, 1.165) is 21.9 Å². The van der Waals surface area contributed by atoms with Crippen LogP contribution >= 0.6 is 27.7 Å². The summed E-state index contributed by atoms with van der Waals surface area (Å²) >= 11 is 5.43. The maximum Gasteiger partial charge on any atom is 0.160 e. The minimum atomic E-state index is 0.0325. The van der Waals surface area contributed by atoms with Gasteiger partial charge in [0.15, 0.2) is 5.17 Å². The van der Waals surface area contributed by atoms with Gasteiger partial charge in [0.05, 0.1) is 11.7 Å². The molecule has 6 heteroatoms. The second-order valence-corrected chi connectivity index (χ2v) is 10.1. The van der Waals surface area contributed by atoms with E-state index in [9.17, 15) is 0 Å². The number of fused-ring (bicyclic) bond motifs is 1. The van der Waals surface area contributed by atoms with Gasteiger partial charge in [-0.05, 0) is 61.9 Å². The largest absolute Gasteiger partial charge is 0.341 e. The quantitative estimate of drug-likeness (QED) is 0.485. The van der Waals surface area contributed by atoms with Crippen LogP contribution in [-0.4, -0.2) is 31.4 Å². The molecule has 2 aliphatic rings. The van der Waals surface area contributed by atoms with Crippen molar-refractivity contribution in [2.45, 2.75) is 38.1 Å². The summed E-state index contributed by atoms with van der Waals surface area (Å²) in [5, 5.41) is 1.72. The molecule has 0 bridgehead atoms. The van der Waals surface area contributed by atoms with Crippen molar-refractivity contribution in [2.24, 2.45) is 4.99 Å². The molecule has 1 saturated heterocycles. The van der Waals surface area contributed by atoms with Crippen LogP contribution in [0.5, 0.6) is 0 Å². The molecule has 3 atom stereocenters. The summed E-state index contributed by atoms with van der Waals surface area (Å²) in [6.07, 6.45) is 1.87. The molecule has 0 spiro atoms. The second kappa shape index (κ2) is 7.33. The fourth-order valence-corrected chi connectivity index (χ4v) is 5.89. The van der Waals surface area contributed by atoms with Gasteiger partial charge in [-0.2, -0.15) is 0 Å². The maximum atomic E-state index is 5.12. The van der Waals surface area contributed by atoms with Crippen LogP contribution in [0.25, 0.3) is 5.69 Å². The molecule has 148 valence electrons. The Hall–Kier alpha value is -2.05. The molecule has 4 heterocycles. The molecule has 3 aromatic rings. The first kappa shape index (κ1) is 18.9. The van der Waals surface area contributed by atoms with E-state index >= 15 is 0 Å². The van der Waals surface area contributed by atoms with Crippen molar-refractivity contribution in [2.75, 3.05) is 6.54 Å². The van der Waals surface area contributed by atoms with Gasteiger partial charge in [0.2, 0.25) is 0 Å². The molecular formula is C23H23BrN4S. The van der Waals surface area contributed by atoms with Gasteiger partial charge in [-0.1, -0.05) is 40.7 Å². The Morgan fingerprint density at radius 1 is 1.10 bits per heavy atom. The number of benzene rings is 1. The summed E-state index contributed by atoms with van der Waals surface area (Å²) in [5.41, 5.74) is 6.09. The number of thioether (sulfide) groups is 1. The number of amidine groups is 1. The number of rotatable bonds is 3. The van der Waals surface area contributed by atoms with Gasteiger partial charge in [-0.15, -0.1) is 0 Å². The van der Waals surface area contributed by atoms with Crippen LogP contribution in [0, 0.1) is 13.8 Å². The molecule has 29 heavy (non-hydrogen) atoms. The summed E-state index contributed by atoms with van der Waals surface area (Å²) in [7, 11) is 0. The smallest absolute Gasteiger partial charge is 0.160 e. The number of pyridine rings is 1. The van der Waals surface area contributed by atoms with Crippen molar-refractivity contribution in [1.29, 1.82) is 0 Å². The third-order valence-electron chi connectivity index (χ3n) is 5.76. The van der Waals surface area contributed by atoms with E-state index in [1.165, 1.54) is 22.6 Å². The topological polar surface area (TPSA) is 33.4 Å². The molecule has 0 saturated carbocycles. The first-order valence-corrected chi connectivity index (χ1v) is 11.6. The van der Waals surface area contributed by atoms with Crippen LogP contribution in [0.2, 0.25) is 0 Å². The van der Waals surface area contributed by atoms with Gasteiger partial charge < -0.3 is 9.47 Å². The number of aromatic nitrogens is 2. The van der Waals surface area contributed by atoms with Gasteiger partial charge in [0, 0.05) is 39.5 Å². The SMILES string of the molecule is Cc1cc([C@@H]2[C@@H](c3ccccn3)N=C3S[C@H](C)CN32)c(C)n1-c1ccc(Br)cc1. The van der Waals surface area contributed by atoms with Crippen LogP contribution < -0.4 is 0 Å². The van der Waals surface area contributed by atoms with E-state index in [0.29, 0.717) is 5.25 Å². The molecule has 2 aliphatic heterocycles. The molecule has 0 amide bonds. The standard InChI is InChI=1S/C23H23BrN4S/c1-14-12-19(16(3)28(14)18-9-7-17(24)8-10-18)22-21(20-6-4-5-11-25-20)26-23-27(22)13-15(2)29-23/h4-12,15,21-22H,13H2,1-3H3/t15-,21-,22-/m1/s1. The van der Waals surface area contributed by atoms with E-state index in [4.69, 9.17) is 4.99 Å². The zero-order valence-corrected chi connectivity index (χ0v) is 19.1. The first-order valence-electron chi connectivity index (χ1n) is 9.89. The average Bonchev–Trinajstić information content (AvgIpc) is 3.33. The number of aliphatic imine (C=N–C) groups is 1. The van der Waals surface area contributed by atoms with E-state index in [2.05, 4.69) is 93.6 Å². The fourth-order valence-electron chi connectivity index (χ4n) is 4.53. The average molecular weight is 467 g/mol. The molecular weight excluding hydrogens is 444 g/mol. The molecule has 2 aromatic heterocycles. The van der Waals surface area contributed by atoms with Crippen molar-refractivity contribution >= 4 is 32.9 Å². The predicted molar refractivity (Wildman–Crippen MR) is 124 cm³/mol. The van der Waals surface area contributed by atoms with Crippen LogP contribution in [0.4, 0.5) is 0 Å². The summed E-state index contributed by atoms with van der Waals surface area (Å²) < 4.78 is 3.44. The lowest BCUT2D eigenvalue weighted by Gasteiger charge is -2.27. The van der Waals surface area contributed by atoms with Crippen molar-refractivity contribution in [1.82, 2.24) is 14.5 Å². The van der Waals surface area contributed by atoms with Gasteiger partial charge in [-0.25, -0.2) is 0 Å². The highest BCUT2D eigenvalue weighted by atomic mass is 79.9. The van der Waals surface area contributed by atoms with E-state index < -0.39 is 0 Å². The van der Waals surface area contributed by atoms with Gasteiger partial charge >= 0.3 is 0 Å². The zero-order valence-electron chi connectivity index (χ0n) is 16.7. The van der Waals surface area contributed by atoms with Crippen molar-refractivity contribution in [3.63, 3.8) is 0 Å². The number of hydrogen-bond acceptors (Lipinski definition) is 4. The highest BCUT2D eigenvalue weighted by molar-refractivity contribution is 9.10. The van der Waals surface area contributed by atoms with Gasteiger partial charge in [0.1, 0.15) is 6.04 Å². The number of hydrogen-bond donors (Lipinski definition) is 0. The molecule has 0 aliphatic carbocycles. The molecule has 0 radical (unpaired) electrons. The molecule has 1 aromatic carbocycles. The summed E-state index contributed by atoms with van der Waals surface area (Å²) in [6, 6.07) is 17.2. The van der Waals surface area contributed by atoms with E-state index in [-0.39, 0.29) is 12.1 Å². The Kier molecular flexibility index (Phi) is 4.79. The molecule has 0 N–H and O–H groups in total. The Bertz CT molecular complexity index is 1070. The lowest BCUT2D eigenvalue weighted by Crippen LogP contribution is -2.28. The maximum absolute atomic E-state index is 5.12. The highest BCUT2D eigenvalue weighted by Gasteiger charge is 2.44. The molecule has 0 unspecified atom stereocenters. The summed E-state index contributed by atoms with van der Waals surface area (Å²) in [4.78, 5) is 12.3. The summed E-state index contributed by atoms with van der Waals surface area (Å²) in [5.74, 6) is 0. The highest BCUT2D eigenvalue weighted by Crippen LogP contribution is 2.48. The molecule has 1 fully saturated rings. The minimum absolute atomic E-state index is 0.0325. The Balaban J connectivity index is 1.62. The Labute approximate surface area is 184 Å². The zero-order chi connectivity index (χ0) is 20.1. The number of aryl methyl sites for hydroxylation is 1. The van der Waals surface area contributed by atoms with Crippen molar-refractivity contribution < 1.29 is 0 Å². The van der Waals surface area contributed by atoms with Crippen LogP contribution in [-0.2, 0) is 0 Å². The minimum Gasteiger partial charge on any atom is -0.341 e. The van der Waals surface area contributed by atoms with Crippen molar-refractivity contribution in [3.05, 3.63) is 81.8 Å². The summed E-state index contributed by atoms with van der Waals surface area (Å²) in [6.45, 7) is 7.72. The molecule has 4 nitrogen and oxygen atoms in total. The monoisotopic (exact) mass is 466 g/mol. The van der Waals surface area contributed by atoms with Crippen LogP contribution in [0.3, 0.4) is 0 Å². The Morgan fingerprint density at radius 2 is 1.90 bits per heavy atom. The van der Waals surface area contributed by atoms with E-state index in [1.54, 1.807) is 0 Å². The number of nitrogens with zero attached hydrogens (tertiary/aromatic N) is 4. The first-order chi connectivity index (χ1) is 14.0. The second-order valence-electron chi connectivity index (χ2n) is 7.78. The number of halogens is 1. The lowest BCUT2D eigenvalue weighted by atomic mass is 9.96. The Morgan fingerprint density at radius 3 is 2.62 bits per heavy atom. The normalized spacial score (nSPS) is 23.4. The van der Waals surface area contributed by atoms with Gasteiger partial charge in [-0.3, -0.25) is 9.98 Å². The fraction of sp³-hybridized carbons (Fsp3) is 0.304. The van der Waals surface area contributed by atoms with E-state index in [1.807, 2.05) is 24.0 Å². The van der Waals surface area contributed by atoms with Gasteiger partial charge in [0.25, 0.3) is 0 Å².